The highest BCUT2D eigenvalue weighted by molar-refractivity contribution is 5.90. The van der Waals surface area contributed by atoms with Gasteiger partial charge in [0.25, 0.3) is 5.56 Å². The van der Waals surface area contributed by atoms with Crippen LogP contribution in [0.2, 0.25) is 0 Å². The summed E-state index contributed by atoms with van der Waals surface area (Å²) in [6.07, 6.45) is 1.84. The third-order valence-electron chi connectivity index (χ3n) is 4.46. The van der Waals surface area contributed by atoms with Crippen molar-refractivity contribution >= 4 is 5.52 Å². The molecule has 0 aliphatic heterocycles. The third-order valence-corrected chi connectivity index (χ3v) is 4.46. The Labute approximate surface area is 156 Å². The van der Waals surface area contributed by atoms with Crippen molar-refractivity contribution in [1.29, 1.82) is 0 Å². The number of nitrogens with zero attached hydrogens (tertiary/aromatic N) is 4. The summed E-state index contributed by atoms with van der Waals surface area (Å²) >= 11 is 0. The lowest BCUT2D eigenvalue weighted by atomic mass is 10.0. The number of aromatic nitrogens is 4. The summed E-state index contributed by atoms with van der Waals surface area (Å²) < 4.78 is 8.62. The molecule has 3 aromatic heterocycles. The molecule has 6 nitrogen and oxygen atoms in total. The molecule has 0 amide bonds. The quantitative estimate of drug-likeness (QED) is 0.555. The fourth-order valence-electron chi connectivity index (χ4n) is 3.13. The van der Waals surface area contributed by atoms with Gasteiger partial charge in [-0.05, 0) is 32.0 Å². The molecule has 4 aromatic rings. The Morgan fingerprint density at radius 3 is 2.44 bits per heavy atom. The van der Waals surface area contributed by atoms with E-state index in [1.807, 2.05) is 62.5 Å². The second-order valence-electron chi connectivity index (χ2n) is 6.58. The molecule has 136 valence electrons. The molecule has 0 fully saturated rings. The number of rotatable bonds is 4. The number of hydrogen-bond donors (Lipinski definition) is 0. The van der Waals surface area contributed by atoms with Gasteiger partial charge in [-0.25, -0.2) is 9.20 Å². The summed E-state index contributed by atoms with van der Waals surface area (Å²) in [5.41, 5.74) is 4.18. The van der Waals surface area contributed by atoms with E-state index in [-0.39, 0.29) is 11.6 Å². The van der Waals surface area contributed by atoms with Gasteiger partial charge < -0.3 is 4.74 Å². The van der Waals surface area contributed by atoms with Crippen LogP contribution in [0, 0.1) is 0 Å². The standard InChI is InChI=1S/C21H20N4O2/c1-14(2)25-19(26)12-10-17(22-25)20-18-11-9-16(27-3)13-24(18)23-21(20)15-7-5-4-6-8-15/h4-14H,1-3H3. The molecule has 0 N–H and O–H groups in total. The van der Waals surface area contributed by atoms with Gasteiger partial charge in [0, 0.05) is 11.6 Å². The van der Waals surface area contributed by atoms with Gasteiger partial charge in [0.1, 0.15) is 11.4 Å². The van der Waals surface area contributed by atoms with Crippen molar-refractivity contribution in [3.8, 4) is 28.3 Å². The predicted octanol–water partition coefficient (Wildman–Crippen LogP) is 3.81. The fraction of sp³-hybridized carbons (Fsp3) is 0.190. The van der Waals surface area contributed by atoms with Crippen LogP contribution in [0.5, 0.6) is 5.75 Å². The maximum Gasteiger partial charge on any atom is 0.267 e. The van der Waals surface area contributed by atoms with Gasteiger partial charge in [-0.1, -0.05) is 30.3 Å². The van der Waals surface area contributed by atoms with Gasteiger partial charge in [-0.2, -0.15) is 10.2 Å². The highest BCUT2D eigenvalue weighted by Gasteiger charge is 2.19. The smallest absolute Gasteiger partial charge is 0.267 e. The van der Waals surface area contributed by atoms with Gasteiger partial charge in [0.05, 0.1) is 36.1 Å². The van der Waals surface area contributed by atoms with E-state index in [9.17, 15) is 4.79 Å². The molecule has 6 heteroatoms. The number of methoxy groups -OCH3 is 1. The number of pyridine rings is 1. The number of ether oxygens (including phenoxy) is 1. The van der Waals surface area contributed by atoms with Crippen molar-refractivity contribution in [3.63, 3.8) is 0 Å². The zero-order valence-corrected chi connectivity index (χ0v) is 15.5. The Morgan fingerprint density at radius 1 is 0.963 bits per heavy atom. The van der Waals surface area contributed by atoms with Gasteiger partial charge >= 0.3 is 0 Å². The molecular formula is C21H20N4O2. The lowest BCUT2D eigenvalue weighted by molar-refractivity contribution is 0.411. The topological polar surface area (TPSA) is 61.4 Å². The minimum Gasteiger partial charge on any atom is -0.495 e. The Bertz CT molecular complexity index is 1160. The highest BCUT2D eigenvalue weighted by atomic mass is 16.5. The Kier molecular flexibility index (Phi) is 4.24. The second kappa shape index (κ2) is 6.72. The first kappa shape index (κ1) is 17.0. The maximum atomic E-state index is 12.1. The first-order valence-corrected chi connectivity index (χ1v) is 8.80. The Balaban J connectivity index is 2.04. The van der Waals surface area contributed by atoms with Crippen LogP contribution in [0.15, 0.2) is 65.6 Å². The lowest BCUT2D eigenvalue weighted by Gasteiger charge is -2.10. The van der Waals surface area contributed by atoms with E-state index in [2.05, 4.69) is 5.10 Å². The minimum atomic E-state index is -0.117. The summed E-state index contributed by atoms with van der Waals surface area (Å²) in [6, 6.07) is 17.1. The van der Waals surface area contributed by atoms with Crippen LogP contribution in [-0.4, -0.2) is 26.5 Å². The highest BCUT2D eigenvalue weighted by Crippen LogP contribution is 2.34. The Morgan fingerprint density at radius 2 is 1.74 bits per heavy atom. The first-order valence-electron chi connectivity index (χ1n) is 8.80. The molecule has 4 rings (SSSR count). The van der Waals surface area contributed by atoms with E-state index in [0.717, 1.165) is 28.1 Å². The third kappa shape index (κ3) is 2.99. The molecule has 0 saturated carbocycles. The molecule has 0 atom stereocenters. The van der Waals surface area contributed by atoms with Crippen LogP contribution < -0.4 is 10.3 Å². The Hall–Kier alpha value is -3.41. The SMILES string of the molecule is COc1ccc2c(-c3ccc(=O)n(C(C)C)n3)c(-c3ccccc3)nn2c1. The lowest BCUT2D eigenvalue weighted by Crippen LogP contribution is -2.23. The molecular weight excluding hydrogens is 340 g/mol. The molecule has 0 spiro atoms. The van der Waals surface area contributed by atoms with E-state index in [1.165, 1.54) is 4.68 Å². The van der Waals surface area contributed by atoms with Crippen LogP contribution in [0.4, 0.5) is 0 Å². The van der Waals surface area contributed by atoms with E-state index < -0.39 is 0 Å². The molecule has 1 aromatic carbocycles. The average Bonchev–Trinajstić information content (AvgIpc) is 3.07. The largest absolute Gasteiger partial charge is 0.495 e. The van der Waals surface area contributed by atoms with Crippen molar-refractivity contribution < 1.29 is 4.74 Å². The van der Waals surface area contributed by atoms with Crippen molar-refractivity contribution in [2.24, 2.45) is 0 Å². The fourth-order valence-corrected chi connectivity index (χ4v) is 3.13. The normalized spacial score (nSPS) is 11.3. The second-order valence-corrected chi connectivity index (χ2v) is 6.58. The summed E-state index contributed by atoms with van der Waals surface area (Å²) in [4.78, 5) is 12.1. The van der Waals surface area contributed by atoms with Crippen molar-refractivity contribution in [3.05, 3.63) is 71.1 Å². The molecule has 0 radical (unpaired) electrons. The van der Waals surface area contributed by atoms with Crippen LogP contribution in [-0.2, 0) is 0 Å². The number of benzene rings is 1. The minimum absolute atomic E-state index is 0.0282. The van der Waals surface area contributed by atoms with E-state index in [0.29, 0.717) is 5.69 Å². The monoisotopic (exact) mass is 360 g/mol. The van der Waals surface area contributed by atoms with Crippen molar-refractivity contribution in [2.45, 2.75) is 19.9 Å². The first-order chi connectivity index (χ1) is 13.1. The summed E-state index contributed by atoms with van der Waals surface area (Å²) in [5, 5.41) is 9.39. The molecule has 0 unspecified atom stereocenters. The number of hydrogen-bond acceptors (Lipinski definition) is 4. The van der Waals surface area contributed by atoms with Crippen LogP contribution in [0.25, 0.3) is 28.0 Å². The number of fused-ring (bicyclic) bond motifs is 1. The predicted molar refractivity (Wildman–Crippen MR) is 105 cm³/mol. The van der Waals surface area contributed by atoms with Crippen LogP contribution in [0.1, 0.15) is 19.9 Å². The van der Waals surface area contributed by atoms with E-state index in [1.54, 1.807) is 23.8 Å². The summed E-state index contributed by atoms with van der Waals surface area (Å²) in [6.45, 7) is 3.88. The van der Waals surface area contributed by atoms with E-state index in [4.69, 9.17) is 9.84 Å². The van der Waals surface area contributed by atoms with Crippen molar-refractivity contribution in [1.82, 2.24) is 19.4 Å². The molecule has 0 aliphatic carbocycles. The summed E-state index contributed by atoms with van der Waals surface area (Å²) in [7, 11) is 1.63. The van der Waals surface area contributed by atoms with Crippen LogP contribution in [0.3, 0.4) is 0 Å². The maximum absolute atomic E-state index is 12.1. The van der Waals surface area contributed by atoms with E-state index >= 15 is 0 Å². The zero-order valence-electron chi connectivity index (χ0n) is 15.5. The molecule has 0 saturated heterocycles. The van der Waals surface area contributed by atoms with Crippen molar-refractivity contribution in [2.75, 3.05) is 7.11 Å². The van der Waals surface area contributed by atoms with Gasteiger partial charge in [0.15, 0.2) is 0 Å². The molecule has 0 bridgehead atoms. The van der Waals surface area contributed by atoms with Crippen LogP contribution >= 0.6 is 0 Å². The average molecular weight is 360 g/mol. The zero-order chi connectivity index (χ0) is 19.0. The van der Waals surface area contributed by atoms with Gasteiger partial charge in [-0.15, -0.1) is 0 Å². The van der Waals surface area contributed by atoms with Gasteiger partial charge in [0.2, 0.25) is 0 Å². The molecule has 27 heavy (non-hydrogen) atoms. The van der Waals surface area contributed by atoms with Gasteiger partial charge in [-0.3, -0.25) is 4.79 Å². The molecule has 0 aliphatic rings. The summed E-state index contributed by atoms with van der Waals surface area (Å²) in [5.74, 6) is 0.719. The molecule has 3 heterocycles.